The van der Waals surface area contributed by atoms with E-state index in [1.807, 2.05) is 24.1 Å². The molecule has 0 aliphatic carbocycles. The van der Waals surface area contributed by atoms with Gasteiger partial charge in [0.1, 0.15) is 23.2 Å². The Morgan fingerprint density at radius 3 is 2.58 bits per heavy atom. The molecule has 2 aliphatic heterocycles. The van der Waals surface area contributed by atoms with Crippen LogP contribution in [0, 0.1) is 5.82 Å². The summed E-state index contributed by atoms with van der Waals surface area (Å²) >= 11 is 0. The molecule has 194 valence electrons. The number of hydrogen-bond acceptors (Lipinski definition) is 6. The monoisotopic (exact) mass is 514 g/mol. The molecule has 4 aromatic rings. The molecule has 2 aromatic carbocycles. The molecule has 0 spiro atoms. The Labute approximate surface area is 218 Å². The maximum absolute atomic E-state index is 13.8. The number of amides is 2. The normalized spacial score (nSPS) is 17.9. The molecule has 0 bridgehead atoms. The van der Waals surface area contributed by atoms with E-state index < -0.39 is 6.04 Å². The Balaban J connectivity index is 1.37. The molecule has 38 heavy (non-hydrogen) atoms. The third kappa shape index (κ3) is 4.20. The molecule has 1 saturated heterocycles. The van der Waals surface area contributed by atoms with Crippen molar-refractivity contribution in [2.75, 3.05) is 43.9 Å². The molecular weight excluding hydrogens is 487 g/mol. The van der Waals surface area contributed by atoms with Crippen LogP contribution < -0.4 is 10.6 Å². The molecule has 2 amide bonds. The molecule has 0 saturated carbocycles. The number of halogens is 1. The van der Waals surface area contributed by atoms with Gasteiger partial charge in [-0.05, 0) is 49.9 Å². The summed E-state index contributed by atoms with van der Waals surface area (Å²) in [5.41, 5.74) is 3.58. The Kier molecular flexibility index (Phi) is 5.91. The average Bonchev–Trinajstić information content (AvgIpc) is 3.55. The zero-order valence-corrected chi connectivity index (χ0v) is 21.0. The minimum Gasteiger partial charge on any atom is -0.343 e. The molecule has 6 rings (SSSR count). The number of nitrogens with one attached hydrogen (secondary N) is 3. The quantitative estimate of drug-likeness (QED) is 0.386. The topological polar surface area (TPSA) is 111 Å². The van der Waals surface area contributed by atoms with Gasteiger partial charge in [0.05, 0.1) is 23.5 Å². The van der Waals surface area contributed by atoms with Gasteiger partial charge < -0.3 is 20.4 Å². The SMILES string of the molecule is CC1=C(C(=O)Nc2ccc3[nH]ncc3c2)C(c2ccc(F)cc2)n2ncc(C(=O)N3CCN(C)CC3)c2N1. The maximum atomic E-state index is 13.8. The number of nitrogens with zero attached hydrogens (tertiary/aromatic N) is 5. The Bertz CT molecular complexity index is 1560. The van der Waals surface area contributed by atoms with Crippen LogP contribution in [0.5, 0.6) is 0 Å². The summed E-state index contributed by atoms with van der Waals surface area (Å²) in [4.78, 5) is 31.1. The van der Waals surface area contributed by atoms with Gasteiger partial charge in [-0.1, -0.05) is 12.1 Å². The lowest BCUT2D eigenvalue weighted by molar-refractivity contribution is -0.113. The standard InChI is InChI=1S/C27H27FN8O2/c1-16-23(26(37)32-20-7-8-22-18(13-20)14-29-33-22)24(17-3-5-19(28)6-4-17)36-25(31-16)21(15-30-36)27(38)35-11-9-34(2)10-12-35/h3-8,13-15,24,31H,9-12H2,1-2H3,(H,29,33)(H,32,37). The lowest BCUT2D eigenvalue weighted by atomic mass is 9.94. The lowest BCUT2D eigenvalue weighted by Crippen LogP contribution is -2.47. The fourth-order valence-electron chi connectivity index (χ4n) is 5.06. The summed E-state index contributed by atoms with van der Waals surface area (Å²) < 4.78 is 15.5. The van der Waals surface area contributed by atoms with Gasteiger partial charge >= 0.3 is 0 Å². The molecule has 1 fully saturated rings. The fourth-order valence-corrected chi connectivity index (χ4v) is 5.06. The summed E-state index contributed by atoms with van der Waals surface area (Å²) in [6, 6.07) is 10.8. The van der Waals surface area contributed by atoms with Gasteiger partial charge in [-0.3, -0.25) is 14.7 Å². The summed E-state index contributed by atoms with van der Waals surface area (Å²) in [5, 5.41) is 18.6. The minimum atomic E-state index is -0.668. The van der Waals surface area contributed by atoms with Crippen LogP contribution >= 0.6 is 0 Å². The Hall–Kier alpha value is -4.51. The third-order valence-corrected chi connectivity index (χ3v) is 7.17. The minimum absolute atomic E-state index is 0.112. The van der Waals surface area contributed by atoms with Gasteiger partial charge in [-0.2, -0.15) is 10.2 Å². The number of fused-ring (bicyclic) bond motifs is 2. The number of likely N-dealkylation sites (N-methyl/N-ethyl adjacent to an activating group) is 1. The molecule has 11 heteroatoms. The highest BCUT2D eigenvalue weighted by molar-refractivity contribution is 6.07. The molecule has 10 nitrogen and oxygen atoms in total. The molecule has 2 aliphatic rings. The molecule has 4 heterocycles. The van der Waals surface area contributed by atoms with E-state index in [0.717, 1.165) is 24.0 Å². The first-order chi connectivity index (χ1) is 18.4. The molecular formula is C27H27FN8O2. The first-order valence-electron chi connectivity index (χ1n) is 12.4. The molecule has 2 aromatic heterocycles. The highest BCUT2D eigenvalue weighted by Crippen LogP contribution is 2.38. The zero-order chi connectivity index (χ0) is 26.4. The van der Waals surface area contributed by atoms with Crippen LogP contribution in [0.3, 0.4) is 0 Å². The first-order valence-corrected chi connectivity index (χ1v) is 12.4. The summed E-state index contributed by atoms with van der Waals surface area (Å²) in [6.07, 6.45) is 3.23. The lowest BCUT2D eigenvalue weighted by Gasteiger charge is -2.33. The van der Waals surface area contributed by atoms with Gasteiger partial charge in [0.15, 0.2) is 0 Å². The van der Waals surface area contributed by atoms with Crippen molar-refractivity contribution in [3.63, 3.8) is 0 Å². The van der Waals surface area contributed by atoms with E-state index in [1.54, 1.807) is 42.2 Å². The van der Waals surface area contributed by atoms with E-state index in [2.05, 4.69) is 30.8 Å². The number of piperazine rings is 1. The van der Waals surface area contributed by atoms with Gasteiger partial charge in [0.25, 0.3) is 11.8 Å². The van der Waals surface area contributed by atoms with Crippen molar-refractivity contribution in [1.82, 2.24) is 29.8 Å². The fraction of sp³-hybridized carbons (Fsp3) is 0.259. The van der Waals surface area contributed by atoms with Crippen molar-refractivity contribution >= 4 is 34.2 Å². The zero-order valence-electron chi connectivity index (χ0n) is 21.0. The van der Waals surface area contributed by atoms with E-state index in [1.165, 1.54) is 12.1 Å². The number of hydrogen-bond donors (Lipinski definition) is 3. The highest BCUT2D eigenvalue weighted by atomic mass is 19.1. The summed E-state index contributed by atoms with van der Waals surface area (Å²) in [6.45, 7) is 4.66. The molecule has 0 radical (unpaired) electrons. The van der Waals surface area contributed by atoms with Gasteiger partial charge in [0.2, 0.25) is 0 Å². The first kappa shape index (κ1) is 23.9. The highest BCUT2D eigenvalue weighted by Gasteiger charge is 2.36. The van der Waals surface area contributed by atoms with Crippen LogP contribution in [0.15, 0.2) is 66.1 Å². The smallest absolute Gasteiger partial charge is 0.259 e. The second-order valence-electron chi connectivity index (χ2n) is 9.69. The van der Waals surface area contributed by atoms with Crippen molar-refractivity contribution < 1.29 is 14.0 Å². The number of benzene rings is 2. The van der Waals surface area contributed by atoms with Gasteiger partial charge in [-0.25, -0.2) is 9.07 Å². The number of aromatic amines is 1. The molecule has 1 atom stereocenters. The molecule has 1 unspecified atom stereocenters. The van der Waals surface area contributed by atoms with Crippen LogP contribution in [0.1, 0.15) is 28.9 Å². The molecule has 3 N–H and O–H groups in total. The van der Waals surface area contributed by atoms with E-state index in [9.17, 15) is 14.0 Å². The number of rotatable bonds is 4. The summed E-state index contributed by atoms with van der Waals surface area (Å²) in [7, 11) is 2.03. The maximum Gasteiger partial charge on any atom is 0.259 e. The predicted molar refractivity (Wildman–Crippen MR) is 141 cm³/mol. The van der Waals surface area contributed by atoms with E-state index >= 15 is 0 Å². The number of aromatic nitrogens is 4. The van der Waals surface area contributed by atoms with Crippen LogP contribution in [-0.2, 0) is 4.79 Å². The van der Waals surface area contributed by atoms with Crippen LogP contribution in [0.2, 0.25) is 0 Å². The van der Waals surface area contributed by atoms with Crippen molar-refractivity contribution in [2.24, 2.45) is 0 Å². The number of carbonyl (C=O) groups is 2. The Morgan fingerprint density at radius 1 is 1.05 bits per heavy atom. The van der Waals surface area contributed by atoms with Gasteiger partial charge in [-0.15, -0.1) is 0 Å². The number of anilines is 2. The third-order valence-electron chi connectivity index (χ3n) is 7.17. The van der Waals surface area contributed by atoms with E-state index in [-0.39, 0.29) is 17.6 Å². The van der Waals surface area contributed by atoms with Gasteiger partial charge in [0, 0.05) is 42.9 Å². The van der Waals surface area contributed by atoms with Crippen molar-refractivity contribution in [3.05, 3.63) is 83.1 Å². The van der Waals surface area contributed by atoms with Crippen molar-refractivity contribution in [1.29, 1.82) is 0 Å². The van der Waals surface area contributed by atoms with Crippen LogP contribution in [-0.4, -0.2) is 74.8 Å². The number of carbonyl (C=O) groups excluding carboxylic acids is 2. The predicted octanol–water partition coefficient (Wildman–Crippen LogP) is 3.21. The second kappa shape index (κ2) is 9.42. The average molecular weight is 515 g/mol. The van der Waals surface area contributed by atoms with E-state index in [4.69, 9.17) is 0 Å². The second-order valence-corrected chi connectivity index (χ2v) is 9.69. The largest absolute Gasteiger partial charge is 0.343 e. The summed E-state index contributed by atoms with van der Waals surface area (Å²) in [5.74, 6) is -0.314. The van der Waals surface area contributed by atoms with Crippen molar-refractivity contribution in [2.45, 2.75) is 13.0 Å². The van der Waals surface area contributed by atoms with Crippen molar-refractivity contribution in [3.8, 4) is 0 Å². The van der Waals surface area contributed by atoms with E-state index in [0.29, 0.717) is 47.0 Å². The number of allylic oxidation sites excluding steroid dienone is 1. The van der Waals surface area contributed by atoms with Crippen LogP contribution in [0.4, 0.5) is 15.9 Å². The van der Waals surface area contributed by atoms with Crippen LogP contribution in [0.25, 0.3) is 10.9 Å². The number of H-pyrrole nitrogens is 1. The Morgan fingerprint density at radius 2 is 1.82 bits per heavy atom.